The number of hydrogen-bond acceptors (Lipinski definition) is 8. The summed E-state index contributed by atoms with van der Waals surface area (Å²) in [6, 6.07) is -3.50. The molecule has 0 bridgehead atoms. The van der Waals surface area contributed by atoms with Crippen molar-refractivity contribution in [3.05, 3.63) is 36.5 Å². The van der Waals surface area contributed by atoms with Crippen LogP contribution in [0.5, 0.6) is 0 Å². The lowest BCUT2D eigenvalue weighted by Gasteiger charge is -2.31. The minimum atomic E-state index is -1.34. The summed E-state index contributed by atoms with van der Waals surface area (Å²) < 4.78 is 0. The number of rotatable bonds is 25. The Labute approximate surface area is 258 Å². The Kier molecular flexibility index (Phi) is 22.1. The second kappa shape index (κ2) is 24.0. The summed E-state index contributed by atoms with van der Waals surface area (Å²) in [5.41, 5.74) is 5.43. The summed E-state index contributed by atoms with van der Waals surface area (Å²) in [6.07, 6.45) is 16.2. The van der Waals surface area contributed by atoms with E-state index in [0.717, 1.165) is 30.6 Å². The van der Waals surface area contributed by atoms with Crippen molar-refractivity contribution in [2.45, 2.75) is 102 Å². The first-order valence-electron chi connectivity index (χ1n) is 14.5. The van der Waals surface area contributed by atoms with Crippen molar-refractivity contribution < 1.29 is 44.1 Å². The SMILES string of the molecule is CCCCCC=CCC=CCC=CC(CC(=O)CCCC(=O)O)N(CC(=O)O)C(=O)C(CS)NC(=O)CCC(N)C(=O)O. The smallest absolute Gasteiger partial charge is 0.323 e. The number of nitrogens with zero attached hydrogens (tertiary/aromatic N) is 1. The van der Waals surface area contributed by atoms with Crippen LogP contribution in [-0.4, -0.2) is 86.1 Å². The Hall–Kier alpha value is -3.45. The Bertz CT molecular complexity index is 997. The van der Waals surface area contributed by atoms with E-state index in [1.54, 1.807) is 12.2 Å². The standard InChI is InChI=1S/C30H47N3O9S/c1-2-3-4-5-6-7-8-9-10-11-12-14-22(19-23(34)15-13-16-27(36)37)33(20-28(38)39)29(40)25(21-43)32-26(35)18-17-24(31)30(41)42/h6-7,9-10,12,14,22,24-25,43H,2-5,8,11,13,15-21,31H2,1H3,(H,32,35)(H,36,37)(H,38,39)(H,41,42). The molecule has 0 fully saturated rings. The summed E-state index contributed by atoms with van der Waals surface area (Å²) in [6.45, 7) is 1.39. The lowest BCUT2D eigenvalue weighted by molar-refractivity contribution is -0.147. The molecule has 2 amide bonds. The van der Waals surface area contributed by atoms with E-state index >= 15 is 0 Å². The Morgan fingerprint density at radius 3 is 2.09 bits per heavy atom. The summed E-state index contributed by atoms with van der Waals surface area (Å²) in [7, 11) is 0. The van der Waals surface area contributed by atoms with Crippen LogP contribution in [0.4, 0.5) is 0 Å². The zero-order chi connectivity index (χ0) is 32.6. The quantitative estimate of drug-likeness (QED) is 0.0497. The number of hydrogen-bond donors (Lipinski definition) is 6. The predicted octanol–water partition coefficient (Wildman–Crippen LogP) is 3.12. The molecule has 0 aliphatic heterocycles. The topological polar surface area (TPSA) is 204 Å². The number of nitrogens with one attached hydrogen (secondary N) is 1. The van der Waals surface area contributed by atoms with Gasteiger partial charge in [0.25, 0.3) is 0 Å². The molecular formula is C30H47N3O9S. The Balaban J connectivity index is 5.69. The minimum Gasteiger partial charge on any atom is -0.481 e. The van der Waals surface area contributed by atoms with E-state index in [4.69, 9.17) is 15.9 Å². The van der Waals surface area contributed by atoms with Crippen LogP contribution in [0.2, 0.25) is 0 Å². The van der Waals surface area contributed by atoms with Gasteiger partial charge in [0.05, 0.1) is 6.04 Å². The highest BCUT2D eigenvalue weighted by Gasteiger charge is 2.31. The molecule has 0 saturated heterocycles. The summed E-state index contributed by atoms with van der Waals surface area (Å²) in [4.78, 5) is 73.0. The third-order valence-electron chi connectivity index (χ3n) is 6.30. The molecule has 0 spiro atoms. The minimum absolute atomic E-state index is 0.0627. The van der Waals surface area contributed by atoms with Gasteiger partial charge in [0.15, 0.2) is 0 Å². The molecule has 43 heavy (non-hydrogen) atoms. The van der Waals surface area contributed by atoms with Gasteiger partial charge < -0.3 is 31.3 Å². The van der Waals surface area contributed by atoms with Gasteiger partial charge in [-0.2, -0.15) is 12.6 Å². The van der Waals surface area contributed by atoms with Crippen molar-refractivity contribution in [2.24, 2.45) is 5.73 Å². The van der Waals surface area contributed by atoms with Crippen molar-refractivity contribution in [3.8, 4) is 0 Å². The van der Waals surface area contributed by atoms with Crippen LogP contribution in [0.1, 0.15) is 84.0 Å². The molecule has 0 radical (unpaired) electrons. The number of unbranched alkanes of at least 4 members (excludes halogenated alkanes) is 3. The van der Waals surface area contributed by atoms with E-state index in [9.17, 15) is 33.9 Å². The highest BCUT2D eigenvalue weighted by Crippen LogP contribution is 2.14. The van der Waals surface area contributed by atoms with Gasteiger partial charge in [-0.1, -0.05) is 56.2 Å². The average molecular weight is 626 g/mol. The first-order chi connectivity index (χ1) is 20.4. The van der Waals surface area contributed by atoms with E-state index in [0.29, 0.717) is 6.42 Å². The molecule has 0 aromatic carbocycles. The van der Waals surface area contributed by atoms with Crippen molar-refractivity contribution in [1.29, 1.82) is 0 Å². The number of allylic oxidation sites excluding steroid dienone is 5. The van der Waals surface area contributed by atoms with Crippen LogP contribution in [-0.2, 0) is 28.8 Å². The molecule has 0 aromatic heterocycles. The first-order valence-corrected chi connectivity index (χ1v) is 15.2. The van der Waals surface area contributed by atoms with Gasteiger partial charge >= 0.3 is 17.9 Å². The predicted molar refractivity (Wildman–Crippen MR) is 166 cm³/mol. The molecule has 3 unspecified atom stereocenters. The molecule has 0 saturated carbocycles. The van der Waals surface area contributed by atoms with E-state index < -0.39 is 54.4 Å². The molecule has 13 heteroatoms. The molecule has 6 N–H and O–H groups in total. The summed E-state index contributed by atoms with van der Waals surface area (Å²) >= 11 is 4.13. The summed E-state index contributed by atoms with van der Waals surface area (Å²) in [5.74, 6) is -5.66. The van der Waals surface area contributed by atoms with Crippen LogP contribution >= 0.6 is 12.6 Å². The number of thiol groups is 1. The largest absolute Gasteiger partial charge is 0.481 e. The van der Waals surface area contributed by atoms with Crippen molar-refractivity contribution in [1.82, 2.24) is 10.2 Å². The average Bonchev–Trinajstić information content (AvgIpc) is 2.94. The molecular weight excluding hydrogens is 578 g/mol. The Morgan fingerprint density at radius 1 is 0.860 bits per heavy atom. The zero-order valence-corrected chi connectivity index (χ0v) is 25.8. The van der Waals surface area contributed by atoms with E-state index in [2.05, 4.69) is 37.0 Å². The van der Waals surface area contributed by atoms with Gasteiger partial charge in [0.1, 0.15) is 24.4 Å². The number of aliphatic carboxylic acids is 3. The van der Waals surface area contributed by atoms with E-state index in [1.165, 1.54) is 6.42 Å². The number of ketones is 1. The van der Waals surface area contributed by atoms with Gasteiger partial charge in [-0.05, 0) is 38.5 Å². The van der Waals surface area contributed by atoms with Gasteiger partial charge in [-0.3, -0.25) is 28.8 Å². The first kappa shape index (κ1) is 39.5. The van der Waals surface area contributed by atoms with Crippen LogP contribution in [0.15, 0.2) is 36.5 Å². The second-order valence-electron chi connectivity index (χ2n) is 10.0. The molecule has 0 rings (SSSR count). The Morgan fingerprint density at radius 2 is 1.51 bits per heavy atom. The second-order valence-corrected chi connectivity index (χ2v) is 10.4. The maximum absolute atomic E-state index is 13.5. The van der Waals surface area contributed by atoms with Crippen LogP contribution in [0.3, 0.4) is 0 Å². The molecule has 0 aliphatic rings. The molecule has 0 aromatic rings. The maximum Gasteiger partial charge on any atom is 0.323 e. The van der Waals surface area contributed by atoms with Crippen LogP contribution < -0.4 is 11.1 Å². The van der Waals surface area contributed by atoms with E-state index in [1.807, 2.05) is 12.2 Å². The summed E-state index contributed by atoms with van der Waals surface area (Å²) in [5, 5.41) is 29.8. The third kappa shape index (κ3) is 20.2. The lowest BCUT2D eigenvalue weighted by Crippen LogP contribution is -2.54. The zero-order valence-electron chi connectivity index (χ0n) is 24.9. The van der Waals surface area contributed by atoms with Gasteiger partial charge in [-0.15, -0.1) is 0 Å². The number of carboxylic acids is 3. The fourth-order valence-corrected chi connectivity index (χ4v) is 4.18. The highest BCUT2D eigenvalue weighted by atomic mass is 32.1. The fraction of sp³-hybridized carbons (Fsp3) is 0.600. The van der Waals surface area contributed by atoms with Gasteiger partial charge in [0, 0.05) is 31.4 Å². The molecule has 12 nitrogen and oxygen atoms in total. The monoisotopic (exact) mass is 625 g/mol. The number of carbonyl (C=O) groups is 6. The van der Waals surface area contributed by atoms with Crippen molar-refractivity contribution in [3.63, 3.8) is 0 Å². The maximum atomic E-state index is 13.5. The highest BCUT2D eigenvalue weighted by molar-refractivity contribution is 7.80. The van der Waals surface area contributed by atoms with Crippen molar-refractivity contribution in [2.75, 3.05) is 12.3 Å². The number of carbonyl (C=O) groups excluding carboxylic acids is 3. The fourth-order valence-electron chi connectivity index (χ4n) is 3.93. The van der Waals surface area contributed by atoms with Gasteiger partial charge in [0.2, 0.25) is 11.8 Å². The van der Waals surface area contributed by atoms with Crippen molar-refractivity contribution >= 4 is 48.1 Å². The van der Waals surface area contributed by atoms with E-state index in [-0.39, 0.29) is 50.1 Å². The lowest BCUT2D eigenvalue weighted by atomic mass is 10.0. The van der Waals surface area contributed by atoms with Gasteiger partial charge in [-0.25, -0.2) is 0 Å². The van der Waals surface area contributed by atoms with Crippen LogP contribution in [0.25, 0.3) is 0 Å². The number of carboxylic acid groups (broad SMARTS) is 3. The molecule has 0 aliphatic carbocycles. The number of nitrogens with two attached hydrogens (primary N) is 1. The number of Topliss-reactive ketones (excluding diaryl/α,β-unsaturated/α-hetero) is 1. The molecule has 3 atom stereocenters. The number of amides is 2. The normalized spacial score (nSPS) is 13.7. The molecule has 242 valence electrons. The third-order valence-corrected chi connectivity index (χ3v) is 6.66. The van der Waals surface area contributed by atoms with Crippen LogP contribution in [0, 0.1) is 0 Å². The molecule has 0 heterocycles.